The van der Waals surface area contributed by atoms with E-state index < -0.39 is 5.60 Å². The molecule has 0 radical (unpaired) electrons. The molecule has 1 aromatic rings. The minimum absolute atomic E-state index is 0.00904. The molecule has 0 saturated heterocycles. The summed E-state index contributed by atoms with van der Waals surface area (Å²) in [5.74, 6) is 1.89. The maximum absolute atomic E-state index is 12.7. The number of carbonyl (C=O) groups excluding carboxylic acids is 1. The lowest BCUT2D eigenvalue weighted by atomic mass is 9.47. The van der Waals surface area contributed by atoms with E-state index in [1.165, 1.54) is 6.42 Å². The third-order valence-corrected chi connectivity index (χ3v) is 6.36. The van der Waals surface area contributed by atoms with Gasteiger partial charge in [-0.15, -0.1) is 0 Å². The zero-order chi connectivity index (χ0) is 18.4. The average Bonchev–Trinajstić information content (AvgIpc) is 2.50. The van der Waals surface area contributed by atoms with Crippen LogP contribution < -0.4 is 10.1 Å². The van der Waals surface area contributed by atoms with Crippen LogP contribution in [0.5, 0.6) is 5.88 Å². The van der Waals surface area contributed by atoms with Crippen LogP contribution in [0.4, 0.5) is 0 Å². The number of ether oxygens (including phenoxy) is 1. The summed E-state index contributed by atoms with van der Waals surface area (Å²) < 4.78 is 5.73. The Bertz CT molecular complexity index is 674. The number of pyridine rings is 1. The molecule has 1 heterocycles. The van der Waals surface area contributed by atoms with E-state index in [1.807, 2.05) is 26.0 Å². The highest BCUT2D eigenvalue weighted by Gasteiger charge is 2.57. The van der Waals surface area contributed by atoms with Gasteiger partial charge >= 0.3 is 0 Å². The molecule has 0 unspecified atom stereocenters. The Balaban J connectivity index is 1.38. The number of carbonyl (C=O) groups is 1. The van der Waals surface area contributed by atoms with Crippen LogP contribution in [-0.2, 0) is 11.3 Å². The number of rotatable bonds is 6. The lowest BCUT2D eigenvalue weighted by molar-refractivity contribution is -0.169. The number of aromatic nitrogens is 1. The van der Waals surface area contributed by atoms with Crippen molar-refractivity contribution in [1.82, 2.24) is 10.3 Å². The molecule has 4 saturated carbocycles. The third-order valence-electron chi connectivity index (χ3n) is 6.36. The third kappa shape index (κ3) is 3.59. The summed E-state index contributed by atoms with van der Waals surface area (Å²) in [6, 6.07) is 3.81. The second-order valence-corrected chi connectivity index (χ2v) is 9.27. The second kappa shape index (κ2) is 6.52. The summed E-state index contributed by atoms with van der Waals surface area (Å²) in [5.41, 5.74) is 0.403. The largest absolute Gasteiger partial charge is 0.475 e. The number of aliphatic hydroxyl groups is 1. The Labute approximate surface area is 155 Å². The molecule has 4 aliphatic rings. The van der Waals surface area contributed by atoms with Gasteiger partial charge in [0.2, 0.25) is 11.8 Å². The molecule has 0 spiro atoms. The fourth-order valence-electron chi connectivity index (χ4n) is 6.09. The van der Waals surface area contributed by atoms with Gasteiger partial charge in [0.05, 0.1) is 11.7 Å². The molecule has 5 nitrogen and oxygen atoms in total. The maximum Gasteiger partial charge on any atom is 0.220 e. The summed E-state index contributed by atoms with van der Waals surface area (Å²) in [4.78, 5) is 17.0. The van der Waals surface area contributed by atoms with Crippen molar-refractivity contribution < 1.29 is 14.6 Å². The molecule has 0 aliphatic heterocycles. The highest BCUT2D eigenvalue weighted by atomic mass is 16.5. The van der Waals surface area contributed by atoms with Gasteiger partial charge < -0.3 is 15.2 Å². The Hall–Kier alpha value is -1.62. The standard InChI is InChI=1S/C21H30N2O3/c1-14(2)26-19-17(4-3-5-22-19)12-23-18(24)11-20-7-15-6-16(8-20)10-21(25,9-15)13-20/h3-5,14-16,25H,6-13H2,1-2H3,(H,23,24)/t15-,16-,20?,21?/m1/s1. The number of amides is 1. The molecule has 5 heteroatoms. The molecular formula is C21H30N2O3. The van der Waals surface area contributed by atoms with Crippen LogP contribution in [0.25, 0.3) is 0 Å². The van der Waals surface area contributed by atoms with E-state index in [-0.39, 0.29) is 17.4 Å². The van der Waals surface area contributed by atoms with Crippen molar-refractivity contribution >= 4 is 5.91 Å². The van der Waals surface area contributed by atoms with Gasteiger partial charge in [-0.25, -0.2) is 4.98 Å². The summed E-state index contributed by atoms with van der Waals surface area (Å²) >= 11 is 0. The van der Waals surface area contributed by atoms with Crippen molar-refractivity contribution in [2.24, 2.45) is 17.3 Å². The molecule has 142 valence electrons. The van der Waals surface area contributed by atoms with Gasteiger partial charge in [-0.2, -0.15) is 0 Å². The van der Waals surface area contributed by atoms with Crippen LogP contribution in [-0.4, -0.2) is 27.7 Å². The van der Waals surface area contributed by atoms with Gasteiger partial charge in [0.25, 0.3) is 0 Å². The topological polar surface area (TPSA) is 71.5 Å². The van der Waals surface area contributed by atoms with E-state index >= 15 is 0 Å². The molecule has 5 rings (SSSR count). The van der Waals surface area contributed by atoms with E-state index in [0.29, 0.717) is 30.7 Å². The predicted octanol–water partition coefficient (Wildman–Crippen LogP) is 3.21. The first-order chi connectivity index (χ1) is 12.3. The number of hydrogen-bond donors (Lipinski definition) is 2. The summed E-state index contributed by atoms with van der Waals surface area (Å²) in [5, 5.41) is 13.9. The molecule has 2 atom stereocenters. The molecule has 2 N–H and O–H groups in total. The smallest absolute Gasteiger partial charge is 0.220 e. The molecule has 0 aromatic carbocycles. The first-order valence-corrected chi connectivity index (χ1v) is 9.94. The fourth-order valence-corrected chi connectivity index (χ4v) is 6.09. The van der Waals surface area contributed by atoms with E-state index in [2.05, 4.69) is 10.3 Å². The molecule has 4 bridgehead atoms. The van der Waals surface area contributed by atoms with Crippen LogP contribution in [0.15, 0.2) is 18.3 Å². The van der Waals surface area contributed by atoms with Crippen molar-refractivity contribution in [2.45, 2.75) is 77.0 Å². The van der Waals surface area contributed by atoms with Crippen LogP contribution >= 0.6 is 0 Å². The Kier molecular flexibility index (Phi) is 4.46. The summed E-state index contributed by atoms with van der Waals surface area (Å²) in [6.07, 6.45) is 8.43. The highest BCUT2D eigenvalue weighted by molar-refractivity contribution is 5.76. The lowest BCUT2D eigenvalue weighted by Gasteiger charge is -2.60. The minimum atomic E-state index is -0.508. The summed E-state index contributed by atoms with van der Waals surface area (Å²) in [7, 11) is 0. The van der Waals surface area contributed by atoms with Crippen LogP contribution in [0.3, 0.4) is 0 Å². The van der Waals surface area contributed by atoms with Gasteiger partial charge in [0, 0.05) is 24.7 Å². The van der Waals surface area contributed by atoms with E-state index in [9.17, 15) is 9.90 Å². The molecule has 1 amide bonds. The predicted molar refractivity (Wildman–Crippen MR) is 98.5 cm³/mol. The van der Waals surface area contributed by atoms with Crippen molar-refractivity contribution in [2.75, 3.05) is 0 Å². The number of hydrogen-bond acceptors (Lipinski definition) is 4. The zero-order valence-electron chi connectivity index (χ0n) is 15.8. The maximum atomic E-state index is 12.7. The second-order valence-electron chi connectivity index (χ2n) is 9.27. The van der Waals surface area contributed by atoms with Crippen LogP contribution in [0.1, 0.15) is 64.4 Å². The van der Waals surface area contributed by atoms with Crippen LogP contribution in [0.2, 0.25) is 0 Å². The van der Waals surface area contributed by atoms with Gasteiger partial charge in [0.15, 0.2) is 0 Å². The SMILES string of the molecule is CC(C)Oc1ncccc1CNC(=O)CC12C[C@H]3C[C@@H](CC(O)(C3)C1)C2. The van der Waals surface area contributed by atoms with Gasteiger partial charge in [-0.3, -0.25) is 4.79 Å². The van der Waals surface area contributed by atoms with Gasteiger partial charge in [0.1, 0.15) is 0 Å². The summed E-state index contributed by atoms with van der Waals surface area (Å²) in [6.45, 7) is 4.37. The minimum Gasteiger partial charge on any atom is -0.475 e. The molecule has 4 aliphatic carbocycles. The van der Waals surface area contributed by atoms with Gasteiger partial charge in [-0.1, -0.05) is 6.07 Å². The van der Waals surface area contributed by atoms with E-state index in [1.54, 1.807) is 6.20 Å². The van der Waals surface area contributed by atoms with E-state index in [0.717, 1.165) is 37.7 Å². The van der Waals surface area contributed by atoms with Crippen LogP contribution in [0, 0.1) is 17.3 Å². The Morgan fingerprint density at radius 3 is 2.73 bits per heavy atom. The number of nitrogens with zero attached hydrogens (tertiary/aromatic N) is 1. The molecular weight excluding hydrogens is 328 g/mol. The zero-order valence-corrected chi connectivity index (χ0v) is 15.8. The number of nitrogens with one attached hydrogen (secondary N) is 1. The van der Waals surface area contributed by atoms with E-state index in [4.69, 9.17) is 4.74 Å². The highest BCUT2D eigenvalue weighted by Crippen LogP contribution is 2.62. The van der Waals surface area contributed by atoms with Crippen molar-refractivity contribution in [3.63, 3.8) is 0 Å². The first-order valence-electron chi connectivity index (χ1n) is 9.94. The molecule has 1 aromatic heterocycles. The lowest BCUT2D eigenvalue weighted by Crippen LogP contribution is -2.56. The Morgan fingerprint density at radius 2 is 2.08 bits per heavy atom. The monoisotopic (exact) mass is 358 g/mol. The van der Waals surface area contributed by atoms with Gasteiger partial charge in [-0.05, 0) is 75.7 Å². The average molecular weight is 358 g/mol. The van der Waals surface area contributed by atoms with Crippen molar-refractivity contribution in [3.8, 4) is 5.88 Å². The molecule has 26 heavy (non-hydrogen) atoms. The van der Waals surface area contributed by atoms with Crippen molar-refractivity contribution in [3.05, 3.63) is 23.9 Å². The normalized spacial score (nSPS) is 34.9. The molecule has 4 fully saturated rings. The van der Waals surface area contributed by atoms with Crippen molar-refractivity contribution in [1.29, 1.82) is 0 Å². The first kappa shape index (κ1) is 17.8. The Morgan fingerprint density at radius 1 is 1.35 bits per heavy atom. The fraction of sp³-hybridized carbons (Fsp3) is 0.714. The quantitative estimate of drug-likeness (QED) is 0.819.